The number of carbonyl (C=O) groups is 2. The van der Waals surface area contributed by atoms with Crippen molar-refractivity contribution >= 4 is 33.7 Å². The number of hydrogen-bond acceptors (Lipinski definition) is 4. The number of nitrogens with one attached hydrogen (secondary N) is 1. The molecule has 2 rings (SSSR count). The highest BCUT2D eigenvalue weighted by Crippen LogP contribution is 2.33. The average molecular weight is 371 g/mol. The molecular formula is C13H8BrFN2O5. The topological polar surface area (TPSA) is 133 Å². The van der Waals surface area contributed by atoms with Gasteiger partial charge in [-0.2, -0.15) is 0 Å². The van der Waals surface area contributed by atoms with E-state index in [0.717, 1.165) is 6.07 Å². The molecule has 0 fully saturated rings. The number of hydrogen-bond donors (Lipinski definition) is 4. The van der Waals surface area contributed by atoms with Gasteiger partial charge >= 0.3 is 11.9 Å². The Balaban J connectivity index is 3.06. The summed E-state index contributed by atoms with van der Waals surface area (Å²) >= 11 is 2.92. The van der Waals surface area contributed by atoms with Crippen LogP contribution in [0.3, 0.4) is 0 Å². The number of H-pyrrole nitrogens is 1. The maximum atomic E-state index is 14.3. The molecule has 7 nitrogen and oxygen atoms in total. The van der Waals surface area contributed by atoms with E-state index in [2.05, 4.69) is 15.9 Å². The molecule has 0 aliphatic heterocycles. The van der Waals surface area contributed by atoms with E-state index in [1.165, 1.54) is 12.1 Å². The number of nitrogen functional groups attached to an aromatic ring is 1. The Hall–Kier alpha value is -2.68. The number of rotatable bonds is 3. The van der Waals surface area contributed by atoms with Crippen molar-refractivity contribution in [1.29, 1.82) is 0 Å². The third-order valence-electron chi connectivity index (χ3n) is 2.89. The second-order valence-corrected chi connectivity index (χ2v) is 5.06. The summed E-state index contributed by atoms with van der Waals surface area (Å²) in [5.74, 6) is -4.75. The molecule has 0 bridgehead atoms. The van der Waals surface area contributed by atoms with Crippen molar-refractivity contribution in [2.75, 3.05) is 5.73 Å². The fourth-order valence-corrected chi connectivity index (χ4v) is 2.38. The van der Waals surface area contributed by atoms with Crippen LogP contribution in [0.1, 0.15) is 20.7 Å². The SMILES string of the molecule is Nc1[nH]c(=O)c(C(=O)O)c(-c2cccc(Br)c2F)c1C(=O)O. The first kappa shape index (κ1) is 15.7. The van der Waals surface area contributed by atoms with Crippen LogP contribution < -0.4 is 11.3 Å². The molecule has 0 unspecified atom stereocenters. The van der Waals surface area contributed by atoms with Crippen molar-refractivity contribution in [2.24, 2.45) is 0 Å². The zero-order valence-corrected chi connectivity index (χ0v) is 12.3. The molecule has 0 saturated heterocycles. The lowest BCUT2D eigenvalue weighted by Crippen LogP contribution is -2.24. The first-order chi connectivity index (χ1) is 10.3. The van der Waals surface area contributed by atoms with Gasteiger partial charge in [-0.1, -0.05) is 12.1 Å². The van der Waals surface area contributed by atoms with Crippen molar-refractivity contribution in [3.63, 3.8) is 0 Å². The number of nitrogens with two attached hydrogens (primary N) is 1. The molecule has 114 valence electrons. The maximum Gasteiger partial charge on any atom is 0.342 e. The maximum absolute atomic E-state index is 14.3. The van der Waals surface area contributed by atoms with Gasteiger partial charge in [0.05, 0.1) is 4.47 Å². The number of aromatic carboxylic acids is 2. The molecule has 0 saturated carbocycles. The summed E-state index contributed by atoms with van der Waals surface area (Å²) in [5.41, 5.74) is 1.81. The minimum Gasteiger partial charge on any atom is -0.478 e. The minimum atomic E-state index is -1.70. The highest BCUT2D eigenvalue weighted by atomic mass is 79.9. The summed E-state index contributed by atoms with van der Waals surface area (Å²) in [6.07, 6.45) is 0. The van der Waals surface area contributed by atoms with Crippen LogP contribution in [0.2, 0.25) is 0 Å². The fraction of sp³-hybridized carbons (Fsp3) is 0. The van der Waals surface area contributed by atoms with Gasteiger partial charge in [0.2, 0.25) is 0 Å². The standard InChI is InChI=1S/C13H8BrFN2O5/c14-5-3-1-2-4(9(5)15)6-7(12(19)20)10(16)17-11(18)8(6)13(21)22/h1-3H,(H,19,20)(H,21,22)(H3,16,17,18). The van der Waals surface area contributed by atoms with Gasteiger partial charge < -0.3 is 20.9 Å². The van der Waals surface area contributed by atoms with E-state index in [1.54, 1.807) is 0 Å². The first-order valence-corrected chi connectivity index (χ1v) is 6.51. The first-order valence-electron chi connectivity index (χ1n) is 5.72. The molecule has 22 heavy (non-hydrogen) atoms. The smallest absolute Gasteiger partial charge is 0.342 e. The van der Waals surface area contributed by atoms with Crippen LogP contribution in [0.15, 0.2) is 27.5 Å². The second kappa shape index (κ2) is 5.60. The normalized spacial score (nSPS) is 10.5. The van der Waals surface area contributed by atoms with E-state index in [1.807, 2.05) is 4.98 Å². The van der Waals surface area contributed by atoms with Gasteiger partial charge in [-0.3, -0.25) is 4.79 Å². The van der Waals surface area contributed by atoms with Crippen LogP contribution in [-0.2, 0) is 0 Å². The number of benzene rings is 1. The Labute approximate surface area is 130 Å². The lowest BCUT2D eigenvalue weighted by Gasteiger charge is -2.13. The molecule has 0 radical (unpaired) electrons. The predicted octanol–water partition coefficient (Wildman–Crippen LogP) is 1.92. The van der Waals surface area contributed by atoms with E-state index in [4.69, 9.17) is 5.73 Å². The van der Waals surface area contributed by atoms with Gasteiger partial charge in [0, 0.05) is 11.1 Å². The number of aromatic nitrogens is 1. The molecular weight excluding hydrogens is 363 g/mol. The van der Waals surface area contributed by atoms with Gasteiger partial charge in [-0.05, 0) is 22.0 Å². The van der Waals surface area contributed by atoms with E-state index < -0.39 is 45.8 Å². The monoisotopic (exact) mass is 370 g/mol. The number of halogens is 2. The number of aromatic amines is 1. The van der Waals surface area contributed by atoms with Crippen LogP contribution >= 0.6 is 15.9 Å². The van der Waals surface area contributed by atoms with E-state index in [9.17, 15) is 29.0 Å². The molecule has 5 N–H and O–H groups in total. The van der Waals surface area contributed by atoms with Crippen molar-refractivity contribution in [1.82, 2.24) is 4.98 Å². The van der Waals surface area contributed by atoms with E-state index >= 15 is 0 Å². The Kier molecular flexibility index (Phi) is 4.00. The zero-order chi connectivity index (χ0) is 16.6. The molecule has 0 aliphatic carbocycles. The van der Waals surface area contributed by atoms with Crippen molar-refractivity contribution in [3.8, 4) is 11.1 Å². The number of anilines is 1. The third-order valence-corrected chi connectivity index (χ3v) is 3.51. The fourth-order valence-electron chi connectivity index (χ4n) is 2.01. The van der Waals surface area contributed by atoms with E-state index in [-0.39, 0.29) is 10.0 Å². The lowest BCUT2D eigenvalue weighted by molar-refractivity contribution is 0.0695. The summed E-state index contributed by atoms with van der Waals surface area (Å²) < 4.78 is 14.2. The summed E-state index contributed by atoms with van der Waals surface area (Å²) in [6, 6.07) is 3.88. The Morgan fingerprint density at radius 2 is 1.77 bits per heavy atom. The van der Waals surface area contributed by atoms with Crippen LogP contribution in [0.5, 0.6) is 0 Å². The molecule has 0 amide bonds. The molecule has 0 spiro atoms. The van der Waals surface area contributed by atoms with Gasteiger partial charge in [0.25, 0.3) is 5.56 Å². The Morgan fingerprint density at radius 3 is 2.32 bits per heavy atom. The summed E-state index contributed by atoms with van der Waals surface area (Å²) in [7, 11) is 0. The molecule has 9 heteroatoms. The van der Waals surface area contributed by atoms with Gasteiger partial charge in [0.15, 0.2) is 0 Å². The molecule has 1 aromatic heterocycles. The number of carboxylic acids is 2. The molecule has 0 atom stereocenters. The summed E-state index contributed by atoms with van der Waals surface area (Å²) in [4.78, 5) is 36.4. The second-order valence-electron chi connectivity index (χ2n) is 4.20. The van der Waals surface area contributed by atoms with E-state index in [0.29, 0.717) is 0 Å². The van der Waals surface area contributed by atoms with Gasteiger partial charge in [-0.15, -0.1) is 0 Å². The van der Waals surface area contributed by atoms with Crippen molar-refractivity contribution < 1.29 is 24.2 Å². The van der Waals surface area contributed by atoms with Gasteiger partial charge in [0.1, 0.15) is 22.8 Å². The average Bonchev–Trinajstić information content (AvgIpc) is 2.39. The van der Waals surface area contributed by atoms with Crippen LogP contribution in [0, 0.1) is 5.82 Å². The molecule has 0 aliphatic rings. The number of carboxylic acid groups (broad SMARTS) is 2. The highest BCUT2D eigenvalue weighted by molar-refractivity contribution is 9.10. The third kappa shape index (κ3) is 2.46. The lowest BCUT2D eigenvalue weighted by atomic mass is 9.95. The molecule has 1 heterocycles. The van der Waals surface area contributed by atoms with Crippen LogP contribution in [0.4, 0.5) is 10.2 Å². The van der Waals surface area contributed by atoms with Crippen molar-refractivity contribution in [3.05, 3.63) is 50.0 Å². The molecule has 2 aromatic rings. The zero-order valence-electron chi connectivity index (χ0n) is 10.7. The Morgan fingerprint density at radius 1 is 1.18 bits per heavy atom. The van der Waals surface area contributed by atoms with Crippen molar-refractivity contribution in [2.45, 2.75) is 0 Å². The van der Waals surface area contributed by atoms with Crippen LogP contribution in [0.25, 0.3) is 11.1 Å². The number of pyridine rings is 1. The summed E-state index contributed by atoms with van der Waals surface area (Å²) in [5, 5.41) is 18.4. The molecule has 1 aromatic carbocycles. The largest absolute Gasteiger partial charge is 0.478 e. The minimum absolute atomic E-state index is 0.0171. The summed E-state index contributed by atoms with van der Waals surface area (Å²) in [6.45, 7) is 0. The predicted molar refractivity (Wildman–Crippen MR) is 78.5 cm³/mol. The van der Waals surface area contributed by atoms with Gasteiger partial charge in [-0.25, -0.2) is 14.0 Å². The Bertz CT molecular complexity index is 862. The quantitative estimate of drug-likeness (QED) is 0.652. The van der Waals surface area contributed by atoms with Crippen LogP contribution in [-0.4, -0.2) is 27.1 Å². The highest BCUT2D eigenvalue weighted by Gasteiger charge is 2.28.